The number of anilines is 1. The zero-order valence-corrected chi connectivity index (χ0v) is 16.1. The van der Waals surface area contributed by atoms with E-state index in [2.05, 4.69) is 10.4 Å². The molecule has 1 fully saturated rings. The lowest BCUT2D eigenvalue weighted by Crippen LogP contribution is -2.17. The van der Waals surface area contributed by atoms with Crippen LogP contribution in [0.3, 0.4) is 0 Å². The fourth-order valence-electron chi connectivity index (χ4n) is 3.97. The average molecular weight is 389 g/mol. The van der Waals surface area contributed by atoms with Gasteiger partial charge in [0.15, 0.2) is 15.5 Å². The third kappa shape index (κ3) is 3.58. The minimum atomic E-state index is -3.01. The fraction of sp³-hybridized carbons (Fsp3) is 0.474. The van der Waals surface area contributed by atoms with Crippen LogP contribution >= 0.6 is 0 Å². The molecule has 1 aliphatic heterocycles. The van der Waals surface area contributed by atoms with Gasteiger partial charge >= 0.3 is 0 Å². The number of nitrogens with zero attached hydrogens (tertiary/aromatic N) is 2. The molecule has 1 aromatic heterocycles. The van der Waals surface area contributed by atoms with Gasteiger partial charge in [-0.15, -0.1) is 0 Å². The first-order chi connectivity index (χ1) is 13.0. The van der Waals surface area contributed by atoms with E-state index in [0.29, 0.717) is 23.6 Å². The molecule has 0 radical (unpaired) electrons. The number of carbonyl (C=O) groups excluding carboxylic acids is 1. The first kappa shape index (κ1) is 18.0. The van der Waals surface area contributed by atoms with Crippen LogP contribution in [0, 0.1) is 0 Å². The maximum atomic E-state index is 12.9. The highest BCUT2D eigenvalue weighted by Gasteiger charge is 2.34. The largest absolute Gasteiger partial charge is 0.497 e. The van der Waals surface area contributed by atoms with Gasteiger partial charge < -0.3 is 10.1 Å². The predicted molar refractivity (Wildman–Crippen MR) is 102 cm³/mol. The van der Waals surface area contributed by atoms with Crippen molar-refractivity contribution >= 4 is 21.4 Å². The van der Waals surface area contributed by atoms with Gasteiger partial charge in [-0.3, -0.25) is 9.48 Å². The first-order valence-electron chi connectivity index (χ1n) is 9.23. The number of nitrogens with one attached hydrogen (secondary N) is 1. The molecular weight excluding hydrogens is 366 g/mol. The van der Waals surface area contributed by atoms with E-state index < -0.39 is 9.84 Å². The zero-order chi connectivity index (χ0) is 19.0. The minimum Gasteiger partial charge on any atom is -0.497 e. The average Bonchev–Trinajstić information content (AvgIpc) is 3.22. The smallest absolute Gasteiger partial charge is 0.276 e. The number of hydrogen-bond donors (Lipinski definition) is 1. The Morgan fingerprint density at radius 1 is 1.30 bits per heavy atom. The Morgan fingerprint density at radius 2 is 2.11 bits per heavy atom. The van der Waals surface area contributed by atoms with Crippen molar-refractivity contribution in [3.05, 3.63) is 41.2 Å². The number of fused-ring (bicyclic) bond motifs is 1. The van der Waals surface area contributed by atoms with Gasteiger partial charge in [0.1, 0.15) is 5.75 Å². The normalized spacial score (nSPS) is 20.9. The van der Waals surface area contributed by atoms with Gasteiger partial charge in [-0.1, -0.05) is 6.07 Å². The molecule has 1 N–H and O–H groups in total. The number of hydrogen-bond acceptors (Lipinski definition) is 5. The number of methoxy groups -OCH3 is 1. The van der Waals surface area contributed by atoms with Crippen LogP contribution < -0.4 is 10.1 Å². The monoisotopic (exact) mass is 389 g/mol. The lowest BCUT2D eigenvalue weighted by Gasteiger charge is -2.17. The van der Waals surface area contributed by atoms with Crippen LogP contribution in [0.1, 0.15) is 47.1 Å². The third-order valence-corrected chi connectivity index (χ3v) is 7.06. The summed E-state index contributed by atoms with van der Waals surface area (Å²) in [5, 5.41) is 7.48. The molecule has 144 valence electrons. The summed E-state index contributed by atoms with van der Waals surface area (Å²) in [7, 11) is -1.43. The molecule has 27 heavy (non-hydrogen) atoms. The van der Waals surface area contributed by atoms with Crippen LogP contribution in [0.5, 0.6) is 5.75 Å². The molecule has 4 rings (SSSR count). The zero-order valence-electron chi connectivity index (χ0n) is 15.3. The summed E-state index contributed by atoms with van der Waals surface area (Å²) in [6, 6.07) is 7.01. The number of amides is 1. The van der Waals surface area contributed by atoms with E-state index >= 15 is 0 Å². The van der Waals surface area contributed by atoms with Gasteiger partial charge in [-0.05, 0) is 44.2 Å². The number of rotatable bonds is 4. The van der Waals surface area contributed by atoms with Crippen LogP contribution in [-0.2, 0) is 22.7 Å². The molecule has 1 aliphatic carbocycles. The standard InChI is InChI=1S/C19H23N3O4S/c1-26-15-6-4-5-13(11-15)20-19(23)18-16-7-2-3-8-17(16)22(21-18)14-9-10-27(24,25)12-14/h4-6,11,14H,2-3,7-10,12H2,1H3,(H,20,23)/t14-/m0/s1. The molecule has 1 saturated heterocycles. The summed E-state index contributed by atoms with van der Waals surface area (Å²) >= 11 is 0. The molecule has 2 heterocycles. The van der Waals surface area contributed by atoms with Gasteiger partial charge in [0.05, 0.1) is 24.7 Å². The van der Waals surface area contributed by atoms with Crippen molar-refractivity contribution in [1.29, 1.82) is 0 Å². The van der Waals surface area contributed by atoms with Gasteiger partial charge in [0, 0.05) is 23.0 Å². The minimum absolute atomic E-state index is 0.109. The van der Waals surface area contributed by atoms with Crippen LogP contribution in [0.4, 0.5) is 5.69 Å². The van der Waals surface area contributed by atoms with Crippen molar-refractivity contribution in [2.45, 2.75) is 38.1 Å². The number of aromatic nitrogens is 2. The van der Waals surface area contributed by atoms with Crippen molar-refractivity contribution < 1.29 is 17.9 Å². The Kier molecular flexibility index (Phi) is 4.67. The van der Waals surface area contributed by atoms with E-state index in [0.717, 1.165) is 36.9 Å². The van der Waals surface area contributed by atoms with Crippen LogP contribution in [0.25, 0.3) is 0 Å². The van der Waals surface area contributed by atoms with Crippen molar-refractivity contribution in [2.24, 2.45) is 0 Å². The molecule has 1 amide bonds. The fourth-order valence-corrected chi connectivity index (χ4v) is 5.66. The Balaban J connectivity index is 1.65. The summed E-state index contributed by atoms with van der Waals surface area (Å²) in [6.45, 7) is 0. The van der Waals surface area contributed by atoms with E-state index in [9.17, 15) is 13.2 Å². The molecule has 0 saturated carbocycles. The van der Waals surface area contributed by atoms with Crippen LogP contribution in [0.2, 0.25) is 0 Å². The maximum Gasteiger partial charge on any atom is 0.276 e. The molecule has 8 heteroatoms. The van der Waals surface area contributed by atoms with E-state index in [4.69, 9.17) is 4.74 Å². The first-order valence-corrected chi connectivity index (χ1v) is 11.0. The summed E-state index contributed by atoms with van der Waals surface area (Å²) in [5.41, 5.74) is 3.05. The number of carbonyl (C=O) groups is 1. The maximum absolute atomic E-state index is 12.9. The highest BCUT2D eigenvalue weighted by Crippen LogP contribution is 2.31. The number of benzene rings is 1. The van der Waals surface area contributed by atoms with Gasteiger partial charge in [-0.25, -0.2) is 8.42 Å². The molecule has 1 aromatic carbocycles. The van der Waals surface area contributed by atoms with Crippen LogP contribution in [-0.4, -0.2) is 42.7 Å². The topological polar surface area (TPSA) is 90.3 Å². The second kappa shape index (κ2) is 6.99. The van der Waals surface area contributed by atoms with Crippen molar-refractivity contribution in [1.82, 2.24) is 9.78 Å². The summed E-state index contributed by atoms with van der Waals surface area (Å²) in [6.07, 6.45) is 4.25. The van der Waals surface area contributed by atoms with E-state index in [1.807, 2.05) is 16.8 Å². The second-order valence-electron chi connectivity index (χ2n) is 7.17. The molecule has 1 atom stereocenters. The molecule has 2 aromatic rings. The molecule has 2 aliphatic rings. The Morgan fingerprint density at radius 3 is 2.85 bits per heavy atom. The number of sulfone groups is 1. The lowest BCUT2D eigenvalue weighted by atomic mass is 9.95. The Hall–Kier alpha value is -2.35. The van der Waals surface area contributed by atoms with Gasteiger partial charge in [-0.2, -0.15) is 5.10 Å². The summed E-state index contributed by atoms with van der Waals surface area (Å²) in [5.74, 6) is 0.702. The van der Waals surface area contributed by atoms with Gasteiger partial charge in [0.25, 0.3) is 5.91 Å². The Labute approximate surface area is 158 Å². The molecule has 0 spiro atoms. The van der Waals surface area contributed by atoms with E-state index in [1.165, 1.54) is 0 Å². The van der Waals surface area contributed by atoms with Crippen molar-refractivity contribution in [3.63, 3.8) is 0 Å². The quantitative estimate of drug-likeness (QED) is 0.867. The highest BCUT2D eigenvalue weighted by atomic mass is 32.2. The molecule has 0 unspecified atom stereocenters. The lowest BCUT2D eigenvalue weighted by molar-refractivity contribution is 0.102. The van der Waals surface area contributed by atoms with Crippen molar-refractivity contribution in [2.75, 3.05) is 23.9 Å². The number of ether oxygens (including phenoxy) is 1. The van der Waals surface area contributed by atoms with E-state index in [-0.39, 0.29) is 23.5 Å². The van der Waals surface area contributed by atoms with Crippen LogP contribution in [0.15, 0.2) is 24.3 Å². The van der Waals surface area contributed by atoms with Crippen molar-refractivity contribution in [3.8, 4) is 5.75 Å². The molecular formula is C19H23N3O4S. The molecule has 7 nitrogen and oxygen atoms in total. The van der Waals surface area contributed by atoms with Gasteiger partial charge in [0.2, 0.25) is 0 Å². The molecule has 0 bridgehead atoms. The predicted octanol–water partition coefficient (Wildman–Crippen LogP) is 2.38. The second-order valence-corrected chi connectivity index (χ2v) is 9.40. The highest BCUT2D eigenvalue weighted by molar-refractivity contribution is 7.91. The summed E-state index contributed by atoms with van der Waals surface area (Å²) < 4.78 is 30.8. The van der Waals surface area contributed by atoms with E-state index in [1.54, 1.807) is 19.2 Å². The third-order valence-electron chi connectivity index (χ3n) is 5.31. The summed E-state index contributed by atoms with van der Waals surface area (Å²) in [4.78, 5) is 12.9. The SMILES string of the molecule is COc1cccc(NC(=O)c2nn([C@H]3CCS(=O)(=O)C3)c3c2CCCC3)c1. The Bertz CT molecular complexity index is 981.